The van der Waals surface area contributed by atoms with Crippen LogP contribution in [0.3, 0.4) is 0 Å². The van der Waals surface area contributed by atoms with Gasteiger partial charge in [0.15, 0.2) is 0 Å². The highest BCUT2D eigenvalue weighted by atomic mass is 16.3. The molecule has 0 saturated heterocycles. The molecular formula is C15H24N2O2. The van der Waals surface area contributed by atoms with E-state index in [0.29, 0.717) is 18.7 Å². The summed E-state index contributed by atoms with van der Waals surface area (Å²) in [6, 6.07) is 5.05. The topological polar surface area (TPSA) is 66.6 Å². The number of hydrogen-bond acceptors (Lipinski definition) is 3. The van der Waals surface area contributed by atoms with Crippen LogP contribution in [0.5, 0.6) is 5.75 Å². The van der Waals surface area contributed by atoms with Crippen LogP contribution >= 0.6 is 0 Å². The van der Waals surface area contributed by atoms with Gasteiger partial charge in [-0.05, 0) is 43.5 Å². The first-order valence-corrected chi connectivity index (χ1v) is 6.85. The molecule has 106 valence electrons. The molecule has 4 nitrogen and oxygen atoms in total. The van der Waals surface area contributed by atoms with E-state index in [0.717, 1.165) is 18.4 Å². The zero-order chi connectivity index (χ0) is 14.4. The third-order valence-corrected chi connectivity index (χ3v) is 3.45. The second kappa shape index (κ2) is 7.14. The zero-order valence-electron chi connectivity index (χ0n) is 12.0. The van der Waals surface area contributed by atoms with Crippen molar-refractivity contribution in [2.75, 3.05) is 13.1 Å². The number of nitrogens with zero attached hydrogens (tertiary/aromatic N) is 1. The van der Waals surface area contributed by atoms with Crippen LogP contribution in [0.15, 0.2) is 18.2 Å². The summed E-state index contributed by atoms with van der Waals surface area (Å²) in [7, 11) is 0. The first-order chi connectivity index (χ1) is 9.04. The molecule has 0 unspecified atom stereocenters. The van der Waals surface area contributed by atoms with E-state index in [9.17, 15) is 9.90 Å². The van der Waals surface area contributed by atoms with Crippen LogP contribution in [0.2, 0.25) is 0 Å². The Morgan fingerprint density at radius 3 is 2.47 bits per heavy atom. The Morgan fingerprint density at radius 2 is 2.00 bits per heavy atom. The summed E-state index contributed by atoms with van der Waals surface area (Å²) >= 11 is 0. The minimum Gasteiger partial charge on any atom is -0.508 e. The highest BCUT2D eigenvalue weighted by Gasteiger charge is 2.22. The summed E-state index contributed by atoms with van der Waals surface area (Å²) in [6.07, 6.45) is 1.83. The van der Waals surface area contributed by atoms with Gasteiger partial charge in [0, 0.05) is 24.7 Å². The number of phenols is 1. The van der Waals surface area contributed by atoms with E-state index in [1.54, 1.807) is 18.2 Å². The van der Waals surface area contributed by atoms with Gasteiger partial charge in [-0.3, -0.25) is 4.79 Å². The molecule has 0 radical (unpaired) electrons. The van der Waals surface area contributed by atoms with Crippen LogP contribution in [0.4, 0.5) is 0 Å². The number of phenolic OH excluding ortho intramolecular Hbond substituents is 1. The largest absolute Gasteiger partial charge is 0.508 e. The number of hydrogen-bond donors (Lipinski definition) is 2. The lowest BCUT2D eigenvalue weighted by Crippen LogP contribution is -2.43. The lowest BCUT2D eigenvalue weighted by molar-refractivity contribution is 0.0673. The number of benzene rings is 1. The van der Waals surface area contributed by atoms with Gasteiger partial charge in [-0.2, -0.15) is 0 Å². The number of aromatic hydroxyl groups is 1. The normalized spacial score (nSPS) is 10.8. The van der Waals surface area contributed by atoms with Crippen LogP contribution in [0.1, 0.15) is 42.6 Å². The molecule has 0 aliphatic carbocycles. The van der Waals surface area contributed by atoms with Gasteiger partial charge < -0.3 is 15.7 Å². The molecule has 0 spiro atoms. The summed E-state index contributed by atoms with van der Waals surface area (Å²) in [5.74, 6) is 0.179. The van der Waals surface area contributed by atoms with Crippen molar-refractivity contribution in [2.45, 2.75) is 39.7 Å². The molecule has 1 aromatic rings. The molecule has 1 rings (SSSR count). The maximum Gasteiger partial charge on any atom is 0.254 e. The summed E-state index contributed by atoms with van der Waals surface area (Å²) in [5.41, 5.74) is 7.05. The van der Waals surface area contributed by atoms with Crippen molar-refractivity contribution >= 4 is 5.91 Å². The number of aryl methyl sites for hydroxylation is 1. The van der Waals surface area contributed by atoms with Crippen LogP contribution in [0, 0.1) is 6.92 Å². The van der Waals surface area contributed by atoms with Gasteiger partial charge in [0.25, 0.3) is 5.91 Å². The van der Waals surface area contributed by atoms with E-state index in [-0.39, 0.29) is 17.7 Å². The van der Waals surface area contributed by atoms with E-state index in [1.807, 2.05) is 11.8 Å². The Morgan fingerprint density at radius 1 is 1.37 bits per heavy atom. The summed E-state index contributed by atoms with van der Waals surface area (Å²) < 4.78 is 0. The lowest BCUT2D eigenvalue weighted by Gasteiger charge is -2.30. The highest BCUT2D eigenvalue weighted by Crippen LogP contribution is 2.19. The average Bonchev–Trinajstić information content (AvgIpc) is 2.38. The highest BCUT2D eigenvalue weighted by molar-refractivity contribution is 5.96. The molecule has 0 aliphatic heterocycles. The third kappa shape index (κ3) is 3.70. The van der Waals surface area contributed by atoms with Crippen molar-refractivity contribution in [2.24, 2.45) is 5.73 Å². The van der Waals surface area contributed by atoms with Gasteiger partial charge in [0.1, 0.15) is 5.75 Å². The van der Waals surface area contributed by atoms with Crippen molar-refractivity contribution in [3.63, 3.8) is 0 Å². The standard InChI is InChI=1S/C15H24N2O2/c1-4-12(5-2)17(9-8-16)15(19)14-7-6-13(18)10-11(14)3/h6-7,10,12,18H,4-5,8-9,16H2,1-3H3. The summed E-state index contributed by atoms with van der Waals surface area (Å²) in [5, 5.41) is 9.42. The Balaban J connectivity index is 3.04. The van der Waals surface area contributed by atoms with Gasteiger partial charge in [0.05, 0.1) is 0 Å². The van der Waals surface area contributed by atoms with Gasteiger partial charge in [-0.1, -0.05) is 13.8 Å². The molecule has 0 heterocycles. The Labute approximate surface area is 115 Å². The molecular weight excluding hydrogens is 240 g/mol. The van der Waals surface area contributed by atoms with Gasteiger partial charge in [-0.25, -0.2) is 0 Å². The Bertz CT molecular complexity index is 428. The number of nitrogens with two attached hydrogens (primary N) is 1. The zero-order valence-corrected chi connectivity index (χ0v) is 12.0. The lowest BCUT2D eigenvalue weighted by atomic mass is 10.0. The molecule has 19 heavy (non-hydrogen) atoms. The molecule has 0 aromatic heterocycles. The monoisotopic (exact) mass is 264 g/mol. The Kier molecular flexibility index (Phi) is 5.83. The molecule has 0 bridgehead atoms. The fourth-order valence-electron chi connectivity index (χ4n) is 2.36. The summed E-state index contributed by atoms with van der Waals surface area (Å²) in [6.45, 7) is 7.01. The fraction of sp³-hybridized carbons (Fsp3) is 0.533. The average molecular weight is 264 g/mol. The van der Waals surface area contributed by atoms with E-state index < -0.39 is 0 Å². The fourth-order valence-corrected chi connectivity index (χ4v) is 2.36. The number of rotatable bonds is 6. The molecule has 0 fully saturated rings. The maximum absolute atomic E-state index is 12.6. The maximum atomic E-state index is 12.6. The molecule has 3 N–H and O–H groups in total. The Hall–Kier alpha value is -1.55. The van der Waals surface area contributed by atoms with Gasteiger partial charge in [-0.15, -0.1) is 0 Å². The van der Waals surface area contributed by atoms with Crippen LogP contribution in [-0.2, 0) is 0 Å². The molecule has 1 amide bonds. The molecule has 4 heteroatoms. The smallest absolute Gasteiger partial charge is 0.254 e. The number of carbonyl (C=O) groups is 1. The van der Waals surface area contributed by atoms with E-state index >= 15 is 0 Å². The van der Waals surface area contributed by atoms with Gasteiger partial charge in [0.2, 0.25) is 0 Å². The minimum absolute atomic E-state index is 0.00310. The number of amides is 1. The van der Waals surface area contributed by atoms with Crippen molar-refractivity contribution in [3.8, 4) is 5.75 Å². The van der Waals surface area contributed by atoms with Crippen molar-refractivity contribution in [1.29, 1.82) is 0 Å². The SMILES string of the molecule is CCC(CC)N(CCN)C(=O)c1ccc(O)cc1C. The van der Waals surface area contributed by atoms with Crippen LogP contribution in [-0.4, -0.2) is 35.0 Å². The second-order valence-corrected chi connectivity index (χ2v) is 4.76. The summed E-state index contributed by atoms with van der Waals surface area (Å²) in [4.78, 5) is 14.5. The van der Waals surface area contributed by atoms with E-state index in [4.69, 9.17) is 5.73 Å². The third-order valence-electron chi connectivity index (χ3n) is 3.45. The molecule has 1 aromatic carbocycles. The first-order valence-electron chi connectivity index (χ1n) is 6.85. The number of carbonyl (C=O) groups excluding carboxylic acids is 1. The van der Waals surface area contributed by atoms with E-state index in [1.165, 1.54) is 0 Å². The predicted molar refractivity (Wildman–Crippen MR) is 77.3 cm³/mol. The van der Waals surface area contributed by atoms with Crippen LogP contribution in [0.25, 0.3) is 0 Å². The second-order valence-electron chi connectivity index (χ2n) is 4.76. The van der Waals surface area contributed by atoms with Gasteiger partial charge >= 0.3 is 0 Å². The molecule has 0 aliphatic rings. The first kappa shape index (κ1) is 15.5. The predicted octanol–water partition coefficient (Wildman–Crippen LogP) is 2.29. The minimum atomic E-state index is -0.00310. The van der Waals surface area contributed by atoms with Crippen molar-refractivity contribution in [1.82, 2.24) is 4.90 Å². The van der Waals surface area contributed by atoms with Crippen molar-refractivity contribution < 1.29 is 9.90 Å². The molecule has 0 saturated carbocycles. The van der Waals surface area contributed by atoms with E-state index in [2.05, 4.69) is 13.8 Å². The van der Waals surface area contributed by atoms with Crippen LogP contribution < -0.4 is 5.73 Å². The van der Waals surface area contributed by atoms with Crippen molar-refractivity contribution in [3.05, 3.63) is 29.3 Å². The quantitative estimate of drug-likeness (QED) is 0.828. The molecule has 0 atom stereocenters.